The molecule has 4 heteroatoms. The predicted octanol–water partition coefficient (Wildman–Crippen LogP) is 5.60. The van der Waals surface area contributed by atoms with Gasteiger partial charge in [0.25, 0.3) is 0 Å². The number of quaternary nitrogens is 1. The molecule has 0 fully saturated rings. The molecule has 2 nitrogen and oxygen atoms in total. The maximum absolute atomic E-state index is 10.7. The molecule has 0 heterocycles. The van der Waals surface area contributed by atoms with E-state index in [-0.39, 0.29) is 11.0 Å². The van der Waals surface area contributed by atoms with Gasteiger partial charge in [0.2, 0.25) is 0 Å². The molecule has 3 rings (SSSR count). The fraction of sp³-hybridized carbons (Fsp3) is 0.440. The minimum atomic E-state index is -0.726. The summed E-state index contributed by atoms with van der Waals surface area (Å²) in [6.45, 7) is 11.0. The second-order valence-electron chi connectivity index (χ2n) is 10.0. The van der Waals surface area contributed by atoms with E-state index >= 15 is 0 Å². The van der Waals surface area contributed by atoms with E-state index in [0.717, 1.165) is 6.42 Å². The van der Waals surface area contributed by atoms with Gasteiger partial charge < -0.3 is 8.61 Å². The molecule has 0 aliphatic heterocycles. The molecule has 0 saturated carbocycles. The number of benzene rings is 2. The zero-order valence-electron chi connectivity index (χ0n) is 19.0. The van der Waals surface area contributed by atoms with E-state index in [0.29, 0.717) is 8.37 Å². The summed E-state index contributed by atoms with van der Waals surface area (Å²) in [4.78, 5) is 0. The van der Waals surface area contributed by atoms with Gasteiger partial charge in [-0.15, -0.1) is 0 Å². The van der Waals surface area contributed by atoms with Crippen LogP contribution in [0.15, 0.2) is 60.2 Å². The van der Waals surface area contributed by atoms with Crippen molar-refractivity contribution < 1.29 is 29.0 Å². The van der Waals surface area contributed by atoms with Crippen LogP contribution in [0.1, 0.15) is 62.0 Å². The molecule has 1 aliphatic rings. The molecule has 29 heavy (non-hydrogen) atoms. The normalized spacial score (nSPS) is 16.3. The van der Waals surface area contributed by atoms with Crippen molar-refractivity contribution in [2.75, 3.05) is 14.1 Å². The Morgan fingerprint density at radius 1 is 0.931 bits per heavy atom. The molecule has 0 saturated heterocycles. The molecule has 0 amide bonds. The standard InChI is InChI=1S/C19H19.C6H16NOSi.Ti/c1-19(2,18-10-4-3-5-11-18)14-15-12-16-8-6-7-9-17(16)13-15;1-6(2,3)7(4,5)9-8;/h3-13H,14H2,1-2H3;9H,1-5H3;/q;+1;. The summed E-state index contributed by atoms with van der Waals surface area (Å²) in [5.74, 6) is 0. The van der Waals surface area contributed by atoms with Gasteiger partial charge in [-0.3, -0.25) is 0 Å². The Kier molecular flexibility index (Phi) is 7.78. The van der Waals surface area contributed by atoms with E-state index in [2.05, 4.69) is 116 Å². The second kappa shape index (κ2) is 9.34. The first-order valence-corrected chi connectivity index (χ1v) is 12.1. The summed E-state index contributed by atoms with van der Waals surface area (Å²) >= 11 is 2.33. The van der Waals surface area contributed by atoms with Gasteiger partial charge in [0.15, 0.2) is 0 Å². The van der Waals surface area contributed by atoms with Crippen LogP contribution >= 0.6 is 0 Å². The topological polar surface area (TPSA) is 17.1 Å². The van der Waals surface area contributed by atoms with Crippen LogP contribution in [0, 0.1) is 0 Å². The molecule has 1 unspecified atom stereocenters. The number of rotatable bonds is 4. The van der Waals surface area contributed by atoms with E-state index < -0.39 is 9.57 Å². The van der Waals surface area contributed by atoms with Crippen molar-refractivity contribution in [2.45, 2.75) is 56.2 Å². The summed E-state index contributed by atoms with van der Waals surface area (Å²) in [5, 5.41) is 0. The zero-order chi connectivity index (χ0) is 21.9. The molecule has 0 bridgehead atoms. The Morgan fingerprint density at radius 3 is 1.97 bits per heavy atom. The SMILES string of the molecule is CC(C)(C)[N+](C)(C)[SiH]=O.CC(C)(CC1=Cc2ccccc2[CH]1[Ti])c1ccccc1. The summed E-state index contributed by atoms with van der Waals surface area (Å²) < 4.78 is 11.8. The summed E-state index contributed by atoms with van der Waals surface area (Å²) in [6.07, 6.45) is 3.51. The van der Waals surface area contributed by atoms with Crippen LogP contribution in [0.2, 0.25) is 0 Å². The fourth-order valence-electron chi connectivity index (χ4n) is 3.20. The van der Waals surface area contributed by atoms with Crippen molar-refractivity contribution >= 4 is 15.6 Å². The molecule has 1 aliphatic carbocycles. The van der Waals surface area contributed by atoms with Gasteiger partial charge in [0, 0.05) is 0 Å². The molecule has 0 spiro atoms. The van der Waals surface area contributed by atoms with Gasteiger partial charge in [-0.2, -0.15) is 0 Å². The van der Waals surface area contributed by atoms with Crippen molar-refractivity contribution in [1.82, 2.24) is 0 Å². The number of hydrogen-bond acceptors (Lipinski definition) is 1. The van der Waals surface area contributed by atoms with Gasteiger partial charge in [0.05, 0.1) is 19.6 Å². The zero-order valence-corrected chi connectivity index (χ0v) is 21.7. The Hall–Kier alpha value is -1.13. The van der Waals surface area contributed by atoms with E-state index in [4.69, 9.17) is 0 Å². The Bertz CT molecular complexity index is 866. The maximum atomic E-state index is 10.7. The third kappa shape index (κ3) is 5.95. The third-order valence-corrected chi connectivity index (χ3v) is 8.58. The van der Waals surface area contributed by atoms with Crippen LogP contribution < -0.4 is 0 Å². The first-order valence-electron chi connectivity index (χ1n) is 10.3. The van der Waals surface area contributed by atoms with E-state index in [1.807, 2.05) is 14.1 Å². The Labute approximate surface area is 191 Å². The monoisotopic (exact) mass is 441 g/mol. The van der Waals surface area contributed by atoms with E-state index in [1.54, 1.807) is 5.57 Å². The third-order valence-electron chi connectivity index (χ3n) is 6.21. The van der Waals surface area contributed by atoms with Crippen molar-refractivity contribution in [2.24, 2.45) is 0 Å². The number of hydrogen-bond donors (Lipinski definition) is 0. The Balaban J connectivity index is 0.000000284. The second-order valence-corrected chi connectivity index (χ2v) is 12.4. The molecular weight excluding hydrogens is 406 g/mol. The van der Waals surface area contributed by atoms with Crippen LogP contribution in [-0.4, -0.2) is 33.4 Å². The van der Waals surface area contributed by atoms with Crippen molar-refractivity contribution in [1.29, 1.82) is 0 Å². The van der Waals surface area contributed by atoms with Crippen LogP contribution in [0.25, 0.3) is 6.08 Å². The molecule has 0 aromatic heterocycles. The van der Waals surface area contributed by atoms with Crippen molar-refractivity contribution in [3.05, 3.63) is 76.9 Å². The van der Waals surface area contributed by atoms with Crippen LogP contribution in [0.4, 0.5) is 0 Å². The van der Waals surface area contributed by atoms with Crippen molar-refractivity contribution in [3.63, 3.8) is 0 Å². The van der Waals surface area contributed by atoms with E-state index in [1.165, 1.54) is 16.7 Å². The molecule has 2 aromatic rings. The van der Waals surface area contributed by atoms with Crippen LogP contribution in [0.5, 0.6) is 0 Å². The summed E-state index contributed by atoms with van der Waals surface area (Å²) in [7, 11) is 3.25. The van der Waals surface area contributed by atoms with Gasteiger partial charge >= 0.3 is 143 Å². The van der Waals surface area contributed by atoms with E-state index in [9.17, 15) is 4.46 Å². The first-order chi connectivity index (χ1) is 13.4. The fourth-order valence-corrected chi connectivity index (χ4v) is 4.22. The molecule has 0 radical (unpaired) electrons. The van der Waals surface area contributed by atoms with Gasteiger partial charge in [-0.1, -0.05) is 0 Å². The molecule has 2 aromatic carbocycles. The van der Waals surface area contributed by atoms with Crippen LogP contribution in [0.3, 0.4) is 0 Å². The Morgan fingerprint density at radius 2 is 1.48 bits per heavy atom. The molecular formula is C25H35NOSiTi+. The molecule has 153 valence electrons. The predicted molar refractivity (Wildman–Crippen MR) is 121 cm³/mol. The van der Waals surface area contributed by atoms with Crippen molar-refractivity contribution in [3.8, 4) is 0 Å². The molecule has 0 N–H and O–H groups in total. The average molecular weight is 442 g/mol. The summed E-state index contributed by atoms with van der Waals surface area (Å²) in [6, 6.07) is 19.6. The van der Waals surface area contributed by atoms with Gasteiger partial charge in [-0.05, 0) is 20.8 Å². The first kappa shape index (κ1) is 24.1. The minimum absolute atomic E-state index is 0.108. The summed E-state index contributed by atoms with van der Waals surface area (Å²) in [5.41, 5.74) is 6.15. The quantitative estimate of drug-likeness (QED) is 0.565. The molecule has 1 atom stereocenters. The number of nitrogens with zero attached hydrogens (tertiary/aromatic N) is 1. The van der Waals surface area contributed by atoms with Crippen LogP contribution in [-0.2, 0) is 30.3 Å². The van der Waals surface area contributed by atoms with Gasteiger partial charge in [-0.25, -0.2) is 0 Å². The number of allylic oxidation sites excluding steroid dienone is 1. The number of fused-ring (bicyclic) bond motifs is 1. The average Bonchev–Trinajstić information content (AvgIpc) is 2.97. The van der Waals surface area contributed by atoms with Gasteiger partial charge in [0.1, 0.15) is 0 Å².